The number of fused-ring (bicyclic) bond motifs is 2. The largest absolute Gasteiger partial charge is 0.366 e. The summed E-state index contributed by atoms with van der Waals surface area (Å²) in [6.45, 7) is 6.21. The molecule has 2 amide bonds. The molecule has 0 radical (unpaired) electrons. The Morgan fingerprint density at radius 2 is 2.13 bits per heavy atom. The van der Waals surface area contributed by atoms with Gasteiger partial charge in [0.1, 0.15) is 0 Å². The van der Waals surface area contributed by atoms with Crippen LogP contribution in [0.4, 0.5) is 5.69 Å². The van der Waals surface area contributed by atoms with Gasteiger partial charge in [-0.05, 0) is 67.4 Å². The monoisotopic (exact) mass is 310 g/mol. The van der Waals surface area contributed by atoms with Crippen LogP contribution in [0.3, 0.4) is 0 Å². The summed E-state index contributed by atoms with van der Waals surface area (Å²) in [6.07, 6.45) is 8.29. The van der Waals surface area contributed by atoms with Crippen LogP contribution in [0.5, 0.6) is 0 Å². The minimum absolute atomic E-state index is 0.105. The van der Waals surface area contributed by atoms with Gasteiger partial charge < -0.3 is 10.6 Å². The summed E-state index contributed by atoms with van der Waals surface area (Å²) in [5.41, 5.74) is 7.48. The zero-order valence-electron chi connectivity index (χ0n) is 13.4. The van der Waals surface area contributed by atoms with Gasteiger partial charge >= 0.3 is 0 Å². The molecule has 0 saturated heterocycles. The highest BCUT2D eigenvalue weighted by molar-refractivity contribution is 6.02. The lowest BCUT2D eigenvalue weighted by Gasteiger charge is -2.29. The van der Waals surface area contributed by atoms with Gasteiger partial charge in [-0.3, -0.25) is 9.59 Å². The van der Waals surface area contributed by atoms with Crippen LogP contribution in [0.2, 0.25) is 0 Å². The number of amides is 2. The highest BCUT2D eigenvalue weighted by Crippen LogP contribution is 2.44. The van der Waals surface area contributed by atoms with Crippen LogP contribution in [-0.4, -0.2) is 18.4 Å². The molecule has 4 nitrogen and oxygen atoms in total. The minimum Gasteiger partial charge on any atom is -0.366 e. The van der Waals surface area contributed by atoms with Crippen molar-refractivity contribution in [3.63, 3.8) is 0 Å². The summed E-state index contributed by atoms with van der Waals surface area (Å²) in [6, 6.07) is 5.22. The summed E-state index contributed by atoms with van der Waals surface area (Å²) in [7, 11) is 0. The fourth-order valence-electron chi connectivity index (χ4n) is 3.87. The Morgan fingerprint density at radius 3 is 2.65 bits per heavy atom. The van der Waals surface area contributed by atoms with Crippen molar-refractivity contribution in [1.29, 1.82) is 0 Å². The number of hydrogen-bond acceptors (Lipinski definition) is 2. The lowest BCUT2D eigenvalue weighted by atomic mass is 9.92. The van der Waals surface area contributed by atoms with Crippen molar-refractivity contribution in [3.8, 4) is 0 Å². The number of carbonyl (C=O) groups excluding carboxylic acids is 2. The Morgan fingerprint density at radius 1 is 1.35 bits per heavy atom. The average Bonchev–Trinajstić information content (AvgIpc) is 3.14. The molecule has 3 unspecified atom stereocenters. The molecule has 1 aromatic rings. The lowest BCUT2D eigenvalue weighted by Crippen LogP contribution is -2.36. The summed E-state index contributed by atoms with van der Waals surface area (Å²) < 4.78 is 0. The quantitative estimate of drug-likeness (QED) is 0.671. The number of primary amides is 1. The van der Waals surface area contributed by atoms with Crippen molar-refractivity contribution < 1.29 is 9.59 Å². The molecule has 23 heavy (non-hydrogen) atoms. The molecular formula is C19H22N2O2. The Kier molecular flexibility index (Phi) is 4.07. The third-order valence-electron chi connectivity index (χ3n) is 5.05. The number of benzene rings is 1. The first-order valence-electron chi connectivity index (χ1n) is 8.02. The molecule has 3 rings (SSSR count). The number of nitrogens with two attached hydrogens (primary N) is 1. The van der Waals surface area contributed by atoms with E-state index in [4.69, 9.17) is 5.73 Å². The van der Waals surface area contributed by atoms with E-state index in [1.165, 1.54) is 12.5 Å². The maximum atomic E-state index is 12.4. The molecule has 0 spiro atoms. The number of anilines is 1. The molecule has 2 N–H and O–H groups in total. The summed E-state index contributed by atoms with van der Waals surface area (Å²) >= 11 is 0. The highest BCUT2D eigenvalue weighted by atomic mass is 16.2. The van der Waals surface area contributed by atoms with E-state index in [0.717, 1.165) is 17.7 Å². The summed E-state index contributed by atoms with van der Waals surface area (Å²) in [5.74, 6) is 1.17. The Hall–Kier alpha value is -2.36. The molecule has 1 aromatic carbocycles. The second-order valence-corrected chi connectivity index (χ2v) is 6.56. The molecule has 1 fully saturated rings. The maximum absolute atomic E-state index is 12.4. The second kappa shape index (κ2) is 6.03. The third-order valence-corrected chi connectivity index (χ3v) is 5.05. The number of nitrogens with zero attached hydrogens (tertiary/aromatic N) is 1. The molecule has 0 heterocycles. The van der Waals surface area contributed by atoms with Crippen molar-refractivity contribution in [2.24, 2.45) is 23.5 Å². The van der Waals surface area contributed by atoms with E-state index in [1.807, 2.05) is 6.92 Å². The van der Waals surface area contributed by atoms with Crippen molar-refractivity contribution in [2.45, 2.75) is 19.8 Å². The molecule has 0 aliphatic heterocycles. The van der Waals surface area contributed by atoms with Crippen LogP contribution < -0.4 is 10.6 Å². The van der Waals surface area contributed by atoms with E-state index >= 15 is 0 Å². The number of aryl methyl sites for hydroxylation is 1. The number of allylic oxidation sites excluding steroid dienone is 2. The molecule has 2 aliphatic rings. The van der Waals surface area contributed by atoms with Gasteiger partial charge in [-0.25, -0.2) is 0 Å². The van der Waals surface area contributed by atoms with Crippen LogP contribution in [0.1, 0.15) is 28.8 Å². The second-order valence-electron chi connectivity index (χ2n) is 6.56. The van der Waals surface area contributed by atoms with E-state index in [9.17, 15) is 9.59 Å². The van der Waals surface area contributed by atoms with Gasteiger partial charge in [0.25, 0.3) is 0 Å². The number of rotatable bonds is 5. The van der Waals surface area contributed by atoms with Crippen LogP contribution in [-0.2, 0) is 4.79 Å². The topological polar surface area (TPSA) is 63.4 Å². The van der Waals surface area contributed by atoms with Crippen LogP contribution in [0.15, 0.2) is 43.0 Å². The maximum Gasteiger partial charge on any atom is 0.250 e. The van der Waals surface area contributed by atoms with E-state index < -0.39 is 5.91 Å². The van der Waals surface area contributed by atoms with E-state index in [0.29, 0.717) is 29.9 Å². The molecule has 1 saturated carbocycles. The predicted octanol–water partition coefficient (Wildman–Crippen LogP) is 2.83. The van der Waals surface area contributed by atoms with Gasteiger partial charge in [-0.2, -0.15) is 0 Å². The van der Waals surface area contributed by atoms with Gasteiger partial charge in [-0.1, -0.05) is 18.7 Å². The summed E-state index contributed by atoms with van der Waals surface area (Å²) in [4.78, 5) is 25.5. The molecule has 2 aliphatic carbocycles. The molecule has 120 valence electrons. The standard InChI is InChI=1S/C19H22N2O2/c1-3-18(22)21(11-16-10-13-4-5-14(16)9-13)17-7-6-15(19(20)23)8-12(17)2/h3-8,13-14,16H,1,9-11H2,2H3,(H2,20,23). The van der Waals surface area contributed by atoms with Gasteiger partial charge in [0, 0.05) is 17.8 Å². The average molecular weight is 310 g/mol. The Balaban J connectivity index is 1.87. The van der Waals surface area contributed by atoms with Crippen LogP contribution in [0.25, 0.3) is 0 Å². The van der Waals surface area contributed by atoms with Crippen molar-refractivity contribution in [2.75, 3.05) is 11.4 Å². The van der Waals surface area contributed by atoms with E-state index in [-0.39, 0.29) is 5.91 Å². The fourth-order valence-corrected chi connectivity index (χ4v) is 3.87. The first-order chi connectivity index (χ1) is 11.0. The SMILES string of the molecule is C=CC(=O)N(CC1CC2C=CC1C2)c1ccc(C(N)=O)cc1C. The zero-order valence-corrected chi connectivity index (χ0v) is 13.4. The van der Waals surface area contributed by atoms with Crippen molar-refractivity contribution in [3.05, 3.63) is 54.1 Å². The van der Waals surface area contributed by atoms with Gasteiger partial charge in [0.15, 0.2) is 0 Å². The third kappa shape index (κ3) is 2.93. The normalized spacial score (nSPS) is 24.7. The fraction of sp³-hybridized carbons (Fsp3) is 0.368. The van der Waals surface area contributed by atoms with Gasteiger partial charge in [-0.15, -0.1) is 0 Å². The molecule has 0 aromatic heterocycles. The minimum atomic E-state index is -0.459. The zero-order chi connectivity index (χ0) is 16.6. The molecular weight excluding hydrogens is 288 g/mol. The van der Waals surface area contributed by atoms with Gasteiger partial charge in [0.2, 0.25) is 11.8 Å². The first kappa shape index (κ1) is 15.5. The molecule has 3 atom stereocenters. The molecule has 2 bridgehead atoms. The number of carbonyl (C=O) groups is 2. The van der Waals surface area contributed by atoms with Crippen molar-refractivity contribution >= 4 is 17.5 Å². The molecule has 4 heteroatoms. The first-order valence-corrected chi connectivity index (χ1v) is 8.02. The van der Waals surface area contributed by atoms with Crippen LogP contribution >= 0.6 is 0 Å². The highest BCUT2D eigenvalue weighted by Gasteiger charge is 2.37. The predicted molar refractivity (Wildman–Crippen MR) is 91.1 cm³/mol. The number of hydrogen-bond donors (Lipinski definition) is 1. The van der Waals surface area contributed by atoms with E-state index in [2.05, 4.69) is 18.7 Å². The Labute approximate surface area is 136 Å². The Bertz CT molecular complexity index is 693. The smallest absolute Gasteiger partial charge is 0.250 e. The summed E-state index contributed by atoms with van der Waals surface area (Å²) in [5, 5.41) is 0. The van der Waals surface area contributed by atoms with E-state index in [1.54, 1.807) is 23.1 Å². The van der Waals surface area contributed by atoms with Crippen molar-refractivity contribution in [1.82, 2.24) is 0 Å². The lowest BCUT2D eigenvalue weighted by molar-refractivity contribution is -0.114. The van der Waals surface area contributed by atoms with Gasteiger partial charge in [0.05, 0.1) is 0 Å². The van der Waals surface area contributed by atoms with Crippen LogP contribution in [0, 0.1) is 24.7 Å².